The molecule has 2 aromatic heterocycles. The van der Waals surface area contributed by atoms with Crippen molar-refractivity contribution in [3.05, 3.63) is 29.7 Å². The highest BCUT2D eigenvalue weighted by molar-refractivity contribution is 5.87. The molecular weight excluding hydrogens is 286 g/mol. The van der Waals surface area contributed by atoms with E-state index in [0.717, 1.165) is 24.2 Å². The second kappa shape index (κ2) is 6.12. The first-order valence-electron chi connectivity index (χ1n) is 6.98. The predicted octanol–water partition coefficient (Wildman–Crippen LogP) is 1.14. The fourth-order valence-electron chi connectivity index (χ4n) is 2.26. The van der Waals surface area contributed by atoms with Crippen molar-refractivity contribution in [2.24, 2.45) is 0 Å². The zero-order chi connectivity index (χ0) is 15.5. The van der Waals surface area contributed by atoms with Crippen LogP contribution in [0.2, 0.25) is 0 Å². The lowest BCUT2D eigenvalue weighted by molar-refractivity contribution is 0.0492. The van der Waals surface area contributed by atoms with Crippen LogP contribution in [0.15, 0.2) is 18.5 Å². The smallest absolute Gasteiger partial charge is 0.352 e. The largest absolute Gasteiger partial charge is 0.477 e. The fourth-order valence-corrected chi connectivity index (χ4v) is 2.26. The SMILES string of the molecule is Cc1cnc(NN2CCOCC2)nc1-c1c[nH]c(C(=O)O)c1. The molecule has 1 aliphatic rings. The molecule has 116 valence electrons. The number of carbonyl (C=O) groups is 1. The molecule has 0 radical (unpaired) electrons. The number of hydrogen-bond acceptors (Lipinski definition) is 6. The number of aromatic nitrogens is 3. The van der Waals surface area contributed by atoms with E-state index in [4.69, 9.17) is 9.84 Å². The Balaban J connectivity index is 1.83. The fraction of sp³-hybridized carbons (Fsp3) is 0.357. The van der Waals surface area contributed by atoms with Gasteiger partial charge in [0, 0.05) is 31.0 Å². The summed E-state index contributed by atoms with van der Waals surface area (Å²) in [6, 6.07) is 1.57. The highest BCUT2D eigenvalue weighted by Gasteiger charge is 2.14. The molecule has 8 heteroatoms. The van der Waals surface area contributed by atoms with Crippen molar-refractivity contribution in [1.29, 1.82) is 0 Å². The van der Waals surface area contributed by atoms with Gasteiger partial charge in [0.25, 0.3) is 0 Å². The van der Waals surface area contributed by atoms with E-state index in [1.165, 1.54) is 0 Å². The molecule has 1 fully saturated rings. The molecule has 0 aliphatic carbocycles. The van der Waals surface area contributed by atoms with Crippen molar-refractivity contribution in [2.75, 3.05) is 31.7 Å². The third-order valence-electron chi connectivity index (χ3n) is 3.43. The van der Waals surface area contributed by atoms with Gasteiger partial charge in [0.2, 0.25) is 5.95 Å². The molecule has 0 bridgehead atoms. The molecule has 0 spiro atoms. The zero-order valence-corrected chi connectivity index (χ0v) is 12.2. The molecular formula is C14H17N5O3. The van der Waals surface area contributed by atoms with Crippen molar-refractivity contribution in [1.82, 2.24) is 20.0 Å². The summed E-state index contributed by atoms with van der Waals surface area (Å²) in [5, 5.41) is 11.0. The maximum absolute atomic E-state index is 11.0. The minimum Gasteiger partial charge on any atom is -0.477 e. The van der Waals surface area contributed by atoms with E-state index in [1.54, 1.807) is 18.5 Å². The van der Waals surface area contributed by atoms with Gasteiger partial charge in [-0.05, 0) is 18.6 Å². The number of nitrogens with zero attached hydrogens (tertiary/aromatic N) is 3. The van der Waals surface area contributed by atoms with E-state index in [1.807, 2.05) is 11.9 Å². The van der Waals surface area contributed by atoms with Crippen molar-refractivity contribution >= 4 is 11.9 Å². The van der Waals surface area contributed by atoms with Crippen molar-refractivity contribution in [3.8, 4) is 11.3 Å². The average Bonchev–Trinajstić information content (AvgIpc) is 3.00. The van der Waals surface area contributed by atoms with Gasteiger partial charge in [-0.3, -0.25) is 5.43 Å². The second-order valence-corrected chi connectivity index (χ2v) is 5.04. The summed E-state index contributed by atoms with van der Waals surface area (Å²) in [6.07, 6.45) is 3.36. The van der Waals surface area contributed by atoms with E-state index < -0.39 is 5.97 Å². The minimum absolute atomic E-state index is 0.135. The Kier molecular flexibility index (Phi) is 4.03. The molecule has 2 aromatic rings. The van der Waals surface area contributed by atoms with Crippen LogP contribution in [0.4, 0.5) is 5.95 Å². The van der Waals surface area contributed by atoms with Gasteiger partial charge in [-0.25, -0.2) is 19.8 Å². The molecule has 8 nitrogen and oxygen atoms in total. The number of morpholine rings is 1. The number of nitrogens with one attached hydrogen (secondary N) is 2. The van der Waals surface area contributed by atoms with Crippen LogP contribution in [0.25, 0.3) is 11.3 Å². The normalized spacial score (nSPS) is 15.7. The Morgan fingerprint density at radius 2 is 2.23 bits per heavy atom. The molecule has 0 amide bonds. The van der Waals surface area contributed by atoms with Crippen LogP contribution in [0.5, 0.6) is 0 Å². The average molecular weight is 303 g/mol. The highest BCUT2D eigenvalue weighted by Crippen LogP contribution is 2.22. The van der Waals surface area contributed by atoms with Crippen LogP contribution < -0.4 is 5.43 Å². The molecule has 0 unspecified atom stereocenters. The number of hydrazine groups is 1. The predicted molar refractivity (Wildman–Crippen MR) is 79.5 cm³/mol. The summed E-state index contributed by atoms with van der Waals surface area (Å²) in [7, 11) is 0. The van der Waals surface area contributed by atoms with Crippen molar-refractivity contribution < 1.29 is 14.6 Å². The van der Waals surface area contributed by atoms with E-state index >= 15 is 0 Å². The first kappa shape index (κ1) is 14.5. The Hall–Kier alpha value is -2.45. The van der Waals surface area contributed by atoms with Crippen LogP contribution >= 0.6 is 0 Å². The maximum atomic E-state index is 11.0. The minimum atomic E-state index is -0.996. The van der Waals surface area contributed by atoms with Gasteiger partial charge in [0.05, 0.1) is 18.9 Å². The molecule has 3 rings (SSSR count). The molecule has 1 saturated heterocycles. The Morgan fingerprint density at radius 3 is 2.91 bits per heavy atom. The van der Waals surface area contributed by atoms with Gasteiger partial charge < -0.3 is 14.8 Å². The number of H-pyrrole nitrogens is 1. The highest BCUT2D eigenvalue weighted by atomic mass is 16.5. The number of ether oxygens (including phenoxy) is 1. The Morgan fingerprint density at radius 1 is 1.45 bits per heavy atom. The van der Waals surface area contributed by atoms with E-state index in [-0.39, 0.29) is 5.69 Å². The van der Waals surface area contributed by atoms with Crippen LogP contribution in [-0.2, 0) is 4.74 Å². The first-order chi connectivity index (χ1) is 10.6. The molecule has 22 heavy (non-hydrogen) atoms. The lowest BCUT2D eigenvalue weighted by Crippen LogP contribution is -2.40. The van der Waals surface area contributed by atoms with Crippen LogP contribution in [-0.4, -0.2) is 57.3 Å². The quantitative estimate of drug-likeness (QED) is 0.778. The number of hydrogen-bond donors (Lipinski definition) is 3. The van der Waals surface area contributed by atoms with Gasteiger partial charge in [-0.15, -0.1) is 0 Å². The number of rotatable bonds is 4. The number of carboxylic acids is 1. The number of aromatic amines is 1. The summed E-state index contributed by atoms with van der Waals surface area (Å²) in [5.74, 6) is -0.509. The van der Waals surface area contributed by atoms with Gasteiger partial charge in [0.15, 0.2) is 0 Å². The van der Waals surface area contributed by atoms with Gasteiger partial charge in [-0.2, -0.15) is 0 Å². The van der Waals surface area contributed by atoms with Crippen LogP contribution in [0.1, 0.15) is 16.1 Å². The zero-order valence-electron chi connectivity index (χ0n) is 12.2. The topological polar surface area (TPSA) is 103 Å². The summed E-state index contributed by atoms with van der Waals surface area (Å²) < 4.78 is 5.29. The van der Waals surface area contributed by atoms with Crippen molar-refractivity contribution in [3.63, 3.8) is 0 Å². The molecule has 3 heterocycles. The van der Waals surface area contributed by atoms with Crippen LogP contribution in [0.3, 0.4) is 0 Å². The molecule has 0 aromatic carbocycles. The Bertz CT molecular complexity index is 679. The van der Waals surface area contributed by atoms with E-state index in [2.05, 4.69) is 20.4 Å². The lowest BCUT2D eigenvalue weighted by atomic mass is 10.1. The van der Waals surface area contributed by atoms with Gasteiger partial charge in [-0.1, -0.05) is 0 Å². The van der Waals surface area contributed by atoms with Crippen molar-refractivity contribution in [2.45, 2.75) is 6.92 Å². The third-order valence-corrected chi connectivity index (χ3v) is 3.43. The second-order valence-electron chi connectivity index (χ2n) is 5.04. The van der Waals surface area contributed by atoms with E-state index in [0.29, 0.717) is 24.9 Å². The standard InChI is InChI=1S/C14H17N5O3/c1-9-7-16-14(18-19-2-4-22-5-3-19)17-12(9)10-6-11(13(20)21)15-8-10/h6-8,15H,2-5H2,1H3,(H,20,21)(H,16,17,18). The monoisotopic (exact) mass is 303 g/mol. The third kappa shape index (κ3) is 3.07. The molecule has 0 atom stereocenters. The number of aromatic carboxylic acids is 1. The summed E-state index contributed by atoms with van der Waals surface area (Å²) in [4.78, 5) is 22.5. The van der Waals surface area contributed by atoms with Crippen LogP contribution in [0, 0.1) is 6.92 Å². The lowest BCUT2D eigenvalue weighted by Gasteiger charge is -2.27. The molecule has 1 aliphatic heterocycles. The summed E-state index contributed by atoms with van der Waals surface area (Å²) >= 11 is 0. The maximum Gasteiger partial charge on any atom is 0.352 e. The van der Waals surface area contributed by atoms with Gasteiger partial charge in [0.1, 0.15) is 5.69 Å². The summed E-state index contributed by atoms with van der Waals surface area (Å²) in [6.45, 7) is 4.76. The number of anilines is 1. The number of carboxylic acid groups (broad SMARTS) is 1. The molecule has 3 N–H and O–H groups in total. The summed E-state index contributed by atoms with van der Waals surface area (Å²) in [5.41, 5.74) is 5.59. The van der Waals surface area contributed by atoms with Gasteiger partial charge >= 0.3 is 5.97 Å². The van der Waals surface area contributed by atoms with E-state index in [9.17, 15) is 4.79 Å². The Labute approximate surface area is 127 Å². The molecule has 0 saturated carbocycles. The number of aryl methyl sites for hydroxylation is 1. The first-order valence-corrected chi connectivity index (χ1v) is 6.98.